The van der Waals surface area contributed by atoms with Gasteiger partial charge in [0.25, 0.3) is 0 Å². The maximum Gasteiger partial charge on any atom is 0.222 e. The number of hydrogen-bond acceptors (Lipinski definition) is 3. The largest absolute Gasteiger partial charge is 0.378 e. The fourth-order valence-corrected chi connectivity index (χ4v) is 3.24. The van der Waals surface area contributed by atoms with Crippen LogP contribution in [0, 0.1) is 11.3 Å². The van der Waals surface area contributed by atoms with Gasteiger partial charge in [-0.15, -0.1) is 0 Å². The summed E-state index contributed by atoms with van der Waals surface area (Å²) < 4.78 is 5.75. The average molecular weight is 226 g/mol. The molecule has 0 bridgehead atoms. The Hall–Kier alpha value is -0.610. The van der Waals surface area contributed by atoms with Crippen molar-refractivity contribution in [3.63, 3.8) is 0 Å². The lowest BCUT2D eigenvalue weighted by Crippen LogP contribution is -2.45. The van der Waals surface area contributed by atoms with E-state index in [-0.39, 0.29) is 17.2 Å². The van der Waals surface area contributed by atoms with Crippen LogP contribution in [0.1, 0.15) is 32.6 Å². The maximum atomic E-state index is 11.5. The Kier molecular flexibility index (Phi) is 3.50. The van der Waals surface area contributed by atoms with Crippen molar-refractivity contribution in [3.05, 3.63) is 0 Å². The van der Waals surface area contributed by atoms with Gasteiger partial charge < -0.3 is 15.8 Å². The zero-order valence-corrected chi connectivity index (χ0v) is 10.00. The Morgan fingerprint density at radius 1 is 1.62 bits per heavy atom. The highest BCUT2D eigenvalue weighted by atomic mass is 16.5. The van der Waals surface area contributed by atoms with Gasteiger partial charge in [-0.1, -0.05) is 13.3 Å². The Balaban J connectivity index is 2.08. The molecule has 16 heavy (non-hydrogen) atoms. The van der Waals surface area contributed by atoms with Gasteiger partial charge in [-0.25, -0.2) is 0 Å². The van der Waals surface area contributed by atoms with E-state index in [0.717, 1.165) is 45.4 Å². The van der Waals surface area contributed by atoms with E-state index in [1.807, 2.05) is 0 Å². The normalized spacial score (nSPS) is 39.1. The number of nitrogens with two attached hydrogens (primary N) is 1. The molecule has 92 valence electrons. The summed E-state index contributed by atoms with van der Waals surface area (Å²) in [4.78, 5) is 11.5. The van der Waals surface area contributed by atoms with Crippen LogP contribution < -0.4 is 11.1 Å². The minimum absolute atomic E-state index is 0.00393. The molecule has 1 amide bonds. The second-order valence-electron chi connectivity index (χ2n) is 5.18. The van der Waals surface area contributed by atoms with E-state index in [1.54, 1.807) is 0 Å². The molecule has 3 unspecified atom stereocenters. The van der Waals surface area contributed by atoms with Crippen LogP contribution >= 0.6 is 0 Å². The molecule has 2 aliphatic heterocycles. The zero-order chi connectivity index (χ0) is 11.6. The van der Waals surface area contributed by atoms with Crippen molar-refractivity contribution in [2.24, 2.45) is 17.1 Å². The fraction of sp³-hybridized carbons (Fsp3) is 0.917. The first kappa shape index (κ1) is 11.9. The summed E-state index contributed by atoms with van der Waals surface area (Å²) in [5.74, 6) is -0.155. The van der Waals surface area contributed by atoms with Crippen LogP contribution in [0.15, 0.2) is 0 Å². The summed E-state index contributed by atoms with van der Waals surface area (Å²) in [6.45, 7) is 4.61. The summed E-state index contributed by atoms with van der Waals surface area (Å²) in [6.07, 6.45) is 4.50. The van der Waals surface area contributed by atoms with Crippen LogP contribution in [0.5, 0.6) is 0 Å². The van der Waals surface area contributed by atoms with Crippen molar-refractivity contribution < 1.29 is 9.53 Å². The van der Waals surface area contributed by atoms with Crippen LogP contribution in [0.3, 0.4) is 0 Å². The van der Waals surface area contributed by atoms with Gasteiger partial charge in [0.1, 0.15) is 0 Å². The smallest absolute Gasteiger partial charge is 0.222 e. The van der Waals surface area contributed by atoms with Gasteiger partial charge in [-0.2, -0.15) is 0 Å². The highest BCUT2D eigenvalue weighted by molar-refractivity contribution is 5.78. The first-order valence-electron chi connectivity index (χ1n) is 6.29. The Bertz CT molecular complexity index is 268. The van der Waals surface area contributed by atoms with E-state index < -0.39 is 0 Å². The van der Waals surface area contributed by atoms with Crippen LogP contribution in [0.2, 0.25) is 0 Å². The first-order chi connectivity index (χ1) is 7.68. The van der Waals surface area contributed by atoms with E-state index in [1.165, 1.54) is 0 Å². The molecule has 4 nitrogen and oxygen atoms in total. The first-order valence-corrected chi connectivity index (χ1v) is 6.29. The SMILES string of the molecule is CCCC1CC2(CCO1)CNCC2C(N)=O. The van der Waals surface area contributed by atoms with Crippen LogP contribution in [-0.4, -0.2) is 31.7 Å². The molecule has 4 heteroatoms. The number of rotatable bonds is 3. The van der Waals surface area contributed by atoms with Gasteiger partial charge in [0.2, 0.25) is 5.91 Å². The number of carbonyl (C=O) groups is 1. The molecule has 0 aromatic carbocycles. The summed E-state index contributed by atoms with van der Waals surface area (Å²) in [7, 11) is 0. The second kappa shape index (κ2) is 4.72. The highest BCUT2D eigenvalue weighted by Gasteiger charge is 2.48. The summed E-state index contributed by atoms with van der Waals surface area (Å²) in [6, 6.07) is 0. The Labute approximate surface area is 96.9 Å². The maximum absolute atomic E-state index is 11.5. The summed E-state index contributed by atoms with van der Waals surface area (Å²) in [5, 5.41) is 3.32. The lowest BCUT2D eigenvalue weighted by atomic mass is 9.69. The van der Waals surface area contributed by atoms with E-state index in [9.17, 15) is 4.79 Å². The molecule has 0 aliphatic carbocycles. The third-order valence-corrected chi connectivity index (χ3v) is 4.11. The predicted molar refractivity (Wildman–Crippen MR) is 61.9 cm³/mol. The molecule has 2 saturated heterocycles. The summed E-state index contributed by atoms with van der Waals surface area (Å²) in [5.41, 5.74) is 5.58. The van der Waals surface area contributed by atoms with Gasteiger partial charge in [0, 0.05) is 25.1 Å². The molecule has 0 aromatic rings. The quantitative estimate of drug-likeness (QED) is 0.743. The van der Waals surface area contributed by atoms with E-state index >= 15 is 0 Å². The lowest BCUT2D eigenvalue weighted by Gasteiger charge is -2.40. The number of primary amides is 1. The molecular formula is C12H22N2O2. The highest BCUT2D eigenvalue weighted by Crippen LogP contribution is 2.43. The molecule has 2 fully saturated rings. The number of nitrogens with one attached hydrogen (secondary N) is 1. The third kappa shape index (κ3) is 2.09. The molecule has 3 N–H and O–H groups in total. The van der Waals surface area contributed by atoms with Gasteiger partial charge in [0.15, 0.2) is 0 Å². The van der Waals surface area contributed by atoms with Gasteiger partial charge in [-0.05, 0) is 19.3 Å². The Morgan fingerprint density at radius 3 is 3.12 bits per heavy atom. The minimum Gasteiger partial charge on any atom is -0.378 e. The minimum atomic E-state index is -0.151. The van der Waals surface area contributed by atoms with E-state index in [0.29, 0.717) is 6.10 Å². The number of amides is 1. The average Bonchev–Trinajstić information content (AvgIpc) is 2.62. The van der Waals surface area contributed by atoms with Crippen molar-refractivity contribution in [2.75, 3.05) is 19.7 Å². The number of hydrogen-bond donors (Lipinski definition) is 2. The molecule has 0 radical (unpaired) electrons. The summed E-state index contributed by atoms with van der Waals surface area (Å²) >= 11 is 0. The molecule has 0 aromatic heterocycles. The number of ether oxygens (including phenoxy) is 1. The van der Waals surface area contributed by atoms with Crippen molar-refractivity contribution in [1.82, 2.24) is 5.32 Å². The van der Waals surface area contributed by atoms with Gasteiger partial charge >= 0.3 is 0 Å². The van der Waals surface area contributed by atoms with Crippen molar-refractivity contribution >= 4 is 5.91 Å². The van der Waals surface area contributed by atoms with Gasteiger partial charge in [0.05, 0.1) is 12.0 Å². The zero-order valence-electron chi connectivity index (χ0n) is 10.00. The predicted octanol–water partition coefficient (Wildman–Crippen LogP) is 0.657. The molecule has 0 saturated carbocycles. The fourth-order valence-electron chi connectivity index (χ4n) is 3.24. The lowest BCUT2D eigenvalue weighted by molar-refractivity contribution is -0.129. The number of carbonyl (C=O) groups excluding carboxylic acids is 1. The van der Waals surface area contributed by atoms with E-state index in [2.05, 4.69) is 12.2 Å². The molecular weight excluding hydrogens is 204 g/mol. The van der Waals surface area contributed by atoms with Crippen molar-refractivity contribution in [3.8, 4) is 0 Å². The second-order valence-corrected chi connectivity index (χ2v) is 5.18. The third-order valence-electron chi connectivity index (χ3n) is 4.11. The Morgan fingerprint density at radius 2 is 2.44 bits per heavy atom. The van der Waals surface area contributed by atoms with E-state index in [4.69, 9.17) is 10.5 Å². The van der Waals surface area contributed by atoms with Crippen molar-refractivity contribution in [2.45, 2.75) is 38.7 Å². The van der Waals surface area contributed by atoms with Gasteiger partial charge in [-0.3, -0.25) is 4.79 Å². The monoisotopic (exact) mass is 226 g/mol. The van der Waals surface area contributed by atoms with Crippen LogP contribution in [0.4, 0.5) is 0 Å². The molecule has 2 rings (SSSR count). The topological polar surface area (TPSA) is 64.3 Å². The molecule has 2 heterocycles. The molecule has 1 spiro atoms. The van der Waals surface area contributed by atoms with Crippen molar-refractivity contribution in [1.29, 1.82) is 0 Å². The molecule has 3 atom stereocenters. The van der Waals surface area contributed by atoms with Crippen LogP contribution in [0.25, 0.3) is 0 Å². The molecule has 2 aliphatic rings. The standard InChI is InChI=1S/C12H22N2O2/c1-2-3-9-6-12(4-5-16-9)8-14-7-10(12)11(13)15/h9-10,14H,2-8H2,1H3,(H2,13,15). The van der Waals surface area contributed by atoms with Crippen LogP contribution in [-0.2, 0) is 9.53 Å².